The van der Waals surface area contributed by atoms with Crippen molar-refractivity contribution in [3.05, 3.63) is 50.9 Å². The second kappa shape index (κ2) is 8.94. The van der Waals surface area contributed by atoms with Crippen LogP contribution in [0.5, 0.6) is 11.6 Å². The molecule has 2 aromatic carbocycles. The van der Waals surface area contributed by atoms with Crippen LogP contribution in [0.2, 0.25) is 10.0 Å². The van der Waals surface area contributed by atoms with Crippen molar-refractivity contribution in [3.63, 3.8) is 0 Å². The molecule has 0 radical (unpaired) electrons. The predicted molar refractivity (Wildman–Crippen MR) is 113 cm³/mol. The Kier molecular flexibility index (Phi) is 6.59. The molecule has 9 heteroatoms. The number of carbonyl (C=O) groups is 1. The van der Waals surface area contributed by atoms with E-state index in [1.807, 2.05) is 18.2 Å². The number of hydrogen-bond donors (Lipinski definition) is 1. The Bertz CT molecular complexity index is 1070. The zero-order valence-corrected chi connectivity index (χ0v) is 17.9. The summed E-state index contributed by atoms with van der Waals surface area (Å²) in [6.45, 7) is 0.301. The number of benzene rings is 2. The fraction of sp³-hybridized carbons (Fsp3) is 0.211. The maximum absolute atomic E-state index is 12.0. The van der Waals surface area contributed by atoms with Crippen LogP contribution < -0.4 is 4.74 Å². The highest BCUT2D eigenvalue weighted by Crippen LogP contribution is 2.39. The minimum Gasteiger partial charge on any atom is -0.493 e. The lowest BCUT2D eigenvalue weighted by molar-refractivity contribution is -0.118. The molecule has 6 nitrogen and oxygen atoms in total. The largest absolute Gasteiger partial charge is 0.493 e. The monoisotopic (exact) mass is 483 g/mol. The SMILES string of the molecule is Cn1c(O)c(N=NC(=O)CCCOc2ccc(Cl)cc2Cl)c2cc(Br)ccc21. The van der Waals surface area contributed by atoms with E-state index in [0.717, 1.165) is 9.99 Å². The van der Waals surface area contributed by atoms with Gasteiger partial charge in [-0.2, -0.15) is 0 Å². The van der Waals surface area contributed by atoms with Crippen molar-refractivity contribution in [1.29, 1.82) is 0 Å². The van der Waals surface area contributed by atoms with Crippen molar-refractivity contribution >= 4 is 61.6 Å². The Morgan fingerprint density at radius 2 is 2.04 bits per heavy atom. The summed E-state index contributed by atoms with van der Waals surface area (Å²) in [5.41, 5.74) is 1.05. The fourth-order valence-electron chi connectivity index (χ4n) is 2.64. The Hall–Kier alpha value is -2.09. The Balaban J connectivity index is 1.59. The van der Waals surface area contributed by atoms with E-state index in [-0.39, 0.29) is 18.0 Å². The molecule has 0 aliphatic heterocycles. The lowest BCUT2D eigenvalue weighted by Crippen LogP contribution is -2.01. The first-order chi connectivity index (χ1) is 13.4. The number of fused-ring (bicyclic) bond motifs is 1. The number of aromatic hydroxyl groups is 1. The molecule has 3 aromatic rings. The van der Waals surface area contributed by atoms with Gasteiger partial charge in [0.1, 0.15) is 5.75 Å². The first-order valence-corrected chi connectivity index (χ1v) is 9.91. The third-order valence-electron chi connectivity index (χ3n) is 4.05. The van der Waals surface area contributed by atoms with Crippen LogP contribution in [0.1, 0.15) is 12.8 Å². The Labute approximate surface area is 179 Å². The maximum Gasteiger partial charge on any atom is 0.264 e. The molecule has 0 atom stereocenters. The van der Waals surface area contributed by atoms with Crippen LogP contribution in [-0.2, 0) is 11.8 Å². The topological polar surface area (TPSA) is 76.2 Å². The molecule has 0 saturated heterocycles. The summed E-state index contributed by atoms with van der Waals surface area (Å²) in [5.74, 6) is 0.0500. The van der Waals surface area contributed by atoms with Crippen molar-refractivity contribution in [3.8, 4) is 11.6 Å². The van der Waals surface area contributed by atoms with Crippen LogP contribution in [0.25, 0.3) is 10.9 Å². The number of halogens is 3. The molecule has 1 aromatic heterocycles. The second-order valence-electron chi connectivity index (χ2n) is 6.01. The van der Waals surface area contributed by atoms with E-state index in [1.165, 1.54) is 0 Å². The summed E-state index contributed by atoms with van der Waals surface area (Å²) in [6, 6.07) is 10.5. The number of carbonyl (C=O) groups excluding carboxylic acids is 1. The highest BCUT2D eigenvalue weighted by Gasteiger charge is 2.15. The van der Waals surface area contributed by atoms with Gasteiger partial charge in [0.05, 0.1) is 17.1 Å². The van der Waals surface area contributed by atoms with Crippen LogP contribution in [0.3, 0.4) is 0 Å². The molecule has 146 valence electrons. The molecule has 0 saturated carbocycles. The van der Waals surface area contributed by atoms with Crippen LogP contribution in [0.15, 0.2) is 51.1 Å². The number of hydrogen-bond acceptors (Lipinski definition) is 4. The molecule has 0 aliphatic rings. The number of azo groups is 1. The maximum atomic E-state index is 12.0. The highest BCUT2D eigenvalue weighted by atomic mass is 79.9. The summed E-state index contributed by atoms with van der Waals surface area (Å²) in [5, 5.41) is 19.6. The van der Waals surface area contributed by atoms with Crippen LogP contribution in [0, 0.1) is 0 Å². The van der Waals surface area contributed by atoms with Gasteiger partial charge in [0.15, 0.2) is 5.69 Å². The molecule has 0 spiro atoms. The van der Waals surface area contributed by atoms with Crippen molar-refractivity contribution in [2.45, 2.75) is 12.8 Å². The lowest BCUT2D eigenvalue weighted by atomic mass is 10.2. The Morgan fingerprint density at radius 3 is 2.79 bits per heavy atom. The molecule has 0 fully saturated rings. The number of rotatable bonds is 6. The number of amides is 1. The van der Waals surface area contributed by atoms with Gasteiger partial charge in [0.25, 0.3) is 5.91 Å². The minimum atomic E-state index is -0.405. The summed E-state index contributed by atoms with van der Waals surface area (Å²) in [6.07, 6.45) is 0.605. The average Bonchev–Trinajstić information content (AvgIpc) is 2.88. The average molecular weight is 485 g/mol. The van der Waals surface area contributed by atoms with Gasteiger partial charge in [-0.3, -0.25) is 4.79 Å². The molecule has 1 amide bonds. The lowest BCUT2D eigenvalue weighted by Gasteiger charge is -2.07. The standard InChI is InChI=1S/C19H16BrCl2N3O3/c1-25-15-6-4-11(20)9-13(15)18(19(25)27)24-23-17(26)3-2-8-28-16-7-5-12(21)10-14(16)22/h4-7,9-10,27H,2-3,8H2,1H3. The number of aromatic nitrogens is 1. The smallest absolute Gasteiger partial charge is 0.264 e. The molecule has 0 bridgehead atoms. The summed E-state index contributed by atoms with van der Waals surface area (Å²) >= 11 is 15.2. The quantitative estimate of drug-likeness (QED) is 0.323. The summed E-state index contributed by atoms with van der Waals surface area (Å²) in [4.78, 5) is 12.0. The molecule has 1 N–H and O–H groups in total. The third-order valence-corrected chi connectivity index (χ3v) is 5.08. The summed E-state index contributed by atoms with van der Waals surface area (Å²) in [7, 11) is 1.71. The van der Waals surface area contributed by atoms with E-state index in [2.05, 4.69) is 26.2 Å². The van der Waals surface area contributed by atoms with Crippen molar-refractivity contribution < 1.29 is 14.6 Å². The Morgan fingerprint density at radius 1 is 1.25 bits per heavy atom. The minimum absolute atomic E-state index is 0.0506. The molecular weight excluding hydrogens is 469 g/mol. The molecular formula is C19H16BrCl2N3O3. The molecule has 0 aliphatic carbocycles. The van der Waals surface area contributed by atoms with Gasteiger partial charge in [-0.25, -0.2) is 0 Å². The predicted octanol–water partition coefficient (Wildman–Crippen LogP) is 6.42. The van der Waals surface area contributed by atoms with Crippen molar-refractivity contribution in [2.75, 3.05) is 6.61 Å². The number of ether oxygens (including phenoxy) is 1. The van der Waals surface area contributed by atoms with E-state index >= 15 is 0 Å². The third kappa shape index (κ3) is 4.66. The zero-order valence-electron chi connectivity index (χ0n) is 14.8. The van der Waals surface area contributed by atoms with Crippen LogP contribution in [-0.4, -0.2) is 22.2 Å². The van der Waals surface area contributed by atoms with Gasteiger partial charge in [-0.05, 0) is 42.8 Å². The van der Waals surface area contributed by atoms with E-state index in [0.29, 0.717) is 34.2 Å². The van der Waals surface area contributed by atoms with Crippen molar-refractivity contribution in [2.24, 2.45) is 17.3 Å². The van der Waals surface area contributed by atoms with E-state index in [9.17, 15) is 9.90 Å². The molecule has 0 unspecified atom stereocenters. The van der Waals surface area contributed by atoms with Gasteiger partial charge in [0.2, 0.25) is 5.88 Å². The van der Waals surface area contributed by atoms with Gasteiger partial charge >= 0.3 is 0 Å². The van der Waals surface area contributed by atoms with Gasteiger partial charge in [-0.1, -0.05) is 39.1 Å². The van der Waals surface area contributed by atoms with E-state index in [1.54, 1.807) is 29.8 Å². The molecule has 3 rings (SSSR count). The molecule has 28 heavy (non-hydrogen) atoms. The zero-order chi connectivity index (χ0) is 20.3. The van der Waals surface area contributed by atoms with Crippen LogP contribution >= 0.6 is 39.1 Å². The molecule has 1 heterocycles. The normalized spacial score (nSPS) is 11.4. The van der Waals surface area contributed by atoms with Gasteiger partial charge < -0.3 is 14.4 Å². The fourth-order valence-corrected chi connectivity index (χ4v) is 3.46. The van der Waals surface area contributed by atoms with Gasteiger partial charge in [0, 0.05) is 28.4 Å². The number of nitrogens with zero attached hydrogens (tertiary/aromatic N) is 3. The van der Waals surface area contributed by atoms with Crippen LogP contribution in [0.4, 0.5) is 5.69 Å². The van der Waals surface area contributed by atoms with E-state index in [4.69, 9.17) is 27.9 Å². The van der Waals surface area contributed by atoms with E-state index < -0.39 is 5.91 Å². The van der Waals surface area contributed by atoms with Crippen molar-refractivity contribution in [1.82, 2.24) is 4.57 Å². The second-order valence-corrected chi connectivity index (χ2v) is 7.77. The summed E-state index contributed by atoms with van der Waals surface area (Å²) < 4.78 is 7.96. The number of aryl methyl sites for hydroxylation is 1. The first kappa shape index (κ1) is 20.6. The highest BCUT2D eigenvalue weighted by molar-refractivity contribution is 9.10. The van der Waals surface area contributed by atoms with Gasteiger partial charge in [-0.15, -0.1) is 10.2 Å². The first-order valence-electron chi connectivity index (χ1n) is 8.36.